The molecule has 1 aliphatic heterocycles. The van der Waals surface area contributed by atoms with E-state index in [-0.39, 0.29) is 17.7 Å². The largest absolute Gasteiger partial charge is 0.492 e. The molecule has 1 aromatic rings. The maximum Gasteiger partial charge on any atom is 0.272 e. The van der Waals surface area contributed by atoms with Crippen molar-refractivity contribution in [1.82, 2.24) is 0 Å². The SMILES string of the molecule is CC1(C)COc2ccc(C(CCCl)S(=O)(=O)O)cc21. The van der Waals surface area contributed by atoms with Gasteiger partial charge in [-0.2, -0.15) is 8.42 Å². The highest BCUT2D eigenvalue weighted by Gasteiger charge is 2.34. The summed E-state index contributed by atoms with van der Waals surface area (Å²) in [5, 5.41) is -0.980. The van der Waals surface area contributed by atoms with Gasteiger partial charge < -0.3 is 4.74 Å². The van der Waals surface area contributed by atoms with Gasteiger partial charge in [-0.3, -0.25) is 4.55 Å². The first kappa shape index (κ1) is 14.6. The Morgan fingerprint density at radius 3 is 2.74 bits per heavy atom. The average Bonchev–Trinajstić information content (AvgIpc) is 2.61. The van der Waals surface area contributed by atoms with Gasteiger partial charge in [-0.25, -0.2) is 0 Å². The lowest BCUT2D eigenvalue weighted by molar-refractivity contribution is 0.291. The molecule has 1 aliphatic rings. The highest BCUT2D eigenvalue weighted by atomic mass is 35.5. The Labute approximate surface area is 118 Å². The zero-order chi connectivity index (χ0) is 14.3. The normalized spacial score (nSPS) is 18.7. The molecule has 4 nitrogen and oxygen atoms in total. The van der Waals surface area contributed by atoms with Crippen LogP contribution in [0, 0.1) is 0 Å². The maximum atomic E-state index is 11.4. The average molecular weight is 305 g/mol. The minimum Gasteiger partial charge on any atom is -0.492 e. The lowest BCUT2D eigenvalue weighted by Gasteiger charge is -2.18. The second-order valence-corrected chi connectivity index (χ2v) is 7.39. The third kappa shape index (κ3) is 2.88. The van der Waals surface area contributed by atoms with E-state index >= 15 is 0 Å². The van der Waals surface area contributed by atoms with E-state index in [1.165, 1.54) is 0 Å². The fraction of sp³-hybridized carbons (Fsp3) is 0.538. The van der Waals surface area contributed by atoms with Gasteiger partial charge in [0.05, 0.1) is 6.61 Å². The lowest BCUT2D eigenvalue weighted by atomic mass is 9.86. The molecule has 0 aromatic heterocycles. The molecule has 19 heavy (non-hydrogen) atoms. The van der Waals surface area contributed by atoms with Crippen molar-refractivity contribution in [1.29, 1.82) is 0 Å². The molecule has 2 rings (SSSR count). The van der Waals surface area contributed by atoms with Crippen molar-refractivity contribution in [2.75, 3.05) is 12.5 Å². The van der Waals surface area contributed by atoms with E-state index in [1.807, 2.05) is 13.8 Å². The first-order valence-electron chi connectivity index (χ1n) is 6.05. The molecule has 0 bridgehead atoms. The summed E-state index contributed by atoms with van der Waals surface area (Å²) < 4.78 is 37.8. The van der Waals surface area contributed by atoms with Crippen LogP contribution in [0.2, 0.25) is 0 Å². The minimum atomic E-state index is -4.16. The van der Waals surface area contributed by atoms with E-state index < -0.39 is 15.4 Å². The summed E-state index contributed by atoms with van der Waals surface area (Å²) in [4.78, 5) is 0. The van der Waals surface area contributed by atoms with Gasteiger partial charge in [0, 0.05) is 16.9 Å². The Hall–Kier alpha value is -0.780. The second kappa shape index (κ2) is 4.96. The molecule has 0 saturated heterocycles. The summed E-state index contributed by atoms with van der Waals surface area (Å²) in [6.45, 7) is 4.64. The lowest BCUT2D eigenvalue weighted by Crippen LogP contribution is -2.19. The summed E-state index contributed by atoms with van der Waals surface area (Å²) in [6, 6.07) is 5.23. The van der Waals surface area contributed by atoms with Crippen LogP contribution in [0.25, 0.3) is 0 Å². The number of hydrogen-bond donors (Lipinski definition) is 1. The number of halogens is 1. The molecular weight excluding hydrogens is 288 g/mol. The van der Waals surface area contributed by atoms with Crippen LogP contribution in [-0.4, -0.2) is 25.5 Å². The third-order valence-corrected chi connectivity index (χ3v) is 4.87. The van der Waals surface area contributed by atoms with Crippen LogP contribution in [0.1, 0.15) is 36.6 Å². The summed E-state index contributed by atoms with van der Waals surface area (Å²) in [5.74, 6) is 0.940. The van der Waals surface area contributed by atoms with Crippen molar-refractivity contribution in [2.45, 2.75) is 30.9 Å². The van der Waals surface area contributed by atoms with Crippen LogP contribution in [-0.2, 0) is 15.5 Å². The predicted molar refractivity (Wildman–Crippen MR) is 74.6 cm³/mol. The Morgan fingerprint density at radius 2 is 2.16 bits per heavy atom. The molecule has 1 atom stereocenters. The molecule has 106 valence electrons. The summed E-state index contributed by atoms with van der Waals surface area (Å²) in [6.07, 6.45) is 0.181. The number of hydrogen-bond acceptors (Lipinski definition) is 3. The summed E-state index contributed by atoms with van der Waals surface area (Å²) in [7, 11) is -4.16. The molecule has 6 heteroatoms. The van der Waals surface area contributed by atoms with Crippen molar-refractivity contribution < 1.29 is 17.7 Å². The number of benzene rings is 1. The Kier molecular flexibility index (Phi) is 3.82. The van der Waals surface area contributed by atoms with Crippen LogP contribution < -0.4 is 4.74 Å². The third-order valence-electron chi connectivity index (χ3n) is 3.42. The highest BCUT2D eigenvalue weighted by Crippen LogP contribution is 2.40. The van der Waals surface area contributed by atoms with Crippen LogP contribution in [0.4, 0.5) is 0 Å². The van der Waals surface area contributed by atoms with Gasteiger partial charge in [-0.05, 0) is 18.1 Å². The van der Waals surface area contributed by atoms with Crippen LogP contribution >= 0.6 is 11.6 Å². The first-order valence-corrected chi connectivity index (χ1v) is 8.09. The highest BCUT2D eigenvalue weighted by molar-refractivity contribution is 7.86. The van der Waals surface area contributed by atoms with Gasteiger partial charge in [-0.1, -0.05) is 26.0 Å². The molecule has 1 heterocycles. The molecule has 0 radical (unpaired) electrons. The van der Waals surface area contributed by atoms with E-state index in [9.17, 15) is 13.0 Å². The number of alkyl halides is 1. The van der Waals surface area contributed by atoms with Crippen molar-refractivity contribution in [3.63, 3.8) is 0 Å². The minimum absolute atomic E-state index is 0.157. The molecule has 0 amide bonds. The zero-order valence-corrected chi connectivity index (χ0v) is 12.5. The van der Waals surface area contributed by atoms with Crippen molar-refractivity contribution >= 4 is 21.7 Å². The molecule has 1 N–H and O–H groups in total. The van der Waals surface area contributed by atoms with E-state index in [1.54, 1.807) is 18.2 Å². The fourth-order valence-corrected chi connectivity index (χ4v) is 3.58. The molecule has 0 spiro atoms. The second-order valence-electron chi connectivity index (χ2n) is 5.41. The summed E-state index contributed by atoms with van der Waals surface area (Å²) >= 11 is 5.63. The quantitative estimate of drug-likeness (QED) is 0.686. The zero-order valence-electron chi connectivity index (χ0n) is 10.9. The van der Waals surface area contributed by atoms with Gasteiger partial charge in [0.25, 0.3) is 10.1 Å². The predicted octanol–water partition coefficient (Wildman–Crippen LogP) is 2.91. The Morgan fingerprint density at radius 1 is 1.47 bits per heavy atom. The monoisotopic (exact) mass is 304 g/mol. The first-order chi connectivity index (χ1) is 8.75. The van der Waals surface area contributed by atoms with Crippen molar-refractivity contribution in [2.24, 2.45) is 0 Å². The molecular formula is C13H17ClO4S. The molecule has 1 aromatic carbocycles. The van der Waals surface area contributed by atoms with E-state index in [2.05, 4.69) is 0 Å². The number of rotatable bonds is 4. The molecule has 1 unspecified atom stereocenters. The van der Waals surface area contributed by atoms with Gasteiger partial charge in [0.2, 0.25) is 0 Å². The van der Waals surface area contributed by atoms with Crippen molar-refractivity contribution in [3.8, 4) is 5.75 Å². The summed E-state index contributed by atoms with van der Waals surface area (Å²) in [5.41, 5.74) is 1.37. The fourth-order valence-electron chi connectivity index (χ4n) is 2.33. The van der Waals surface area contributed by atoms with Crippen LogP contribution in [0.15, 0.2) is 18.2 Å². The number of ether oxygens (including phenoxy) is 1. The van der Waals surface area contributed by atoms with E-state index in [4.69, 9.17) is 16.3 Å². The molecule has 0 fully saturated rings. The van der Waals surface area contributed by atoms with Crippen LogP contribution in [0.3, 0.4) is 0 Å². The Bertz CT molecular complexity index is 580. The smallest absolute Gasteiger partial charge is 0.272 e. The molecule has 0 saturated carbocycles. The topological polar surface area (TPSA) is 63.6 Å². The standard InChI is InChI=1S/C13H17ClO4S/c1-13(2)8-18-11-4-3-9(7-10(11)13)12(5-6-14)19(15,16)17/h3-4,7,12H,5-6,8H2,1-2H3,(H,15,16,17). The number of fused-ring (bicyclic) bond motifs is 1. The van der Waals surface area contributed by atoms with Gasteiger partial charge in [-0.15, -0.1) is 11.6 Å². The Balaban J connectivity index is 2.47. The molecule has 0 aliphatic carbocycles. The maximum absolute atomic E-state index is 11.4. The van der Waals surface area contributed by atoms with E-state index in [0.717, 1.165) is 11.3 Å². The van der Waals surface area contributed by atoms with Gasteiger partial charge >= 0.3 is 0 Å². The van der Waals surface area contributed by atoms with Gasteiger partial charge in [0.15, 0.2) is 0 Å². The van der Waals surface area contributed by atoms with Crippen LogP contribution in [0.5, 0.6) is 5.75 Å². The van der Waals surface area contributed by atoms with E-state index in [0.29, 0.717) is 12.2 Å². The van der Waals surface area contributed by atoms with Crippen molar-refractivity contribution in [3.05, 3.63) is 29.3 Å². The van der Waals surface area contributed by atoms with Gasteiger partial charge in [0.1, 0.15) is 11.0 Å².